The quantitative estimate of drug-likeness (QED) is 0.0600. The number of aromatic hydroxyl groups is 2. The lowest BCUT2D eigenvalue weighted by atomic mass is 9.98. The minimum atomic E-state index is -3.96. The molecule has 13 heteroatoms. The van der Waals surface area contributed by atoms with Gasteiger partial charge in [0.25, 0.3) is 0 Å². The maximum Gasteiger partial charge on any atom is 0.510 e. The van der Waals surface area contributed by atoms with Crippen molar-refractivity contribution in [2.45, 2.75) is 73.0 Å². The predicted molar refractivity (Wildman–Crippen MR) is 198 cm³/mol. The number of rotatable bonds is 17. The van der Waals surface area contributed by atoms with Crippen LogP contribution in [0.4, 0.5) is 9.59 Å². The number of carbonyl (C=O) groups excluding carboxylic acids is 2. The highest BCUT2D eigenvalue weighted by molar-refractivity contribution is 7.53. The molecule has 2 N–H and O–H groups in total. The Labute approximate surface area is 310 Å². The van der Waals surface area contributed by atoms with Gasteiger partial charge in [0, 0.05) is 18.4 Å². The van der Waals surface area contributed by atoms with E-state index >= 15 is 0 Å². The minimum Gasteiger partial charge on any atom is -0.508 e. The predicted octanol–water partition coefficient (Wildman–Crippen LogP) is 9.50. The van der Waals surface area contributed by atoms with E-state index in [1.165, 1.54) is 0 Å². The van der Waals surface area contributed by atoms with Gasteiger partial charge in [-0.3, -0.25) is 13.6 Å². The van der Waals surface area contributed by atoms with Crippen molar-refractivity contribution in [2.24, 2.45) is 0 Å². The molecule has 0 unspecified atom stereocenters. The Morgan fingerprint density at radius 2 is 1.19 bits per heavy atom. The molecule has 4 rings (SSSR count). The summed E-state index contributed by atoms with van der Waals surface area (Å²) < 4.78 is 50.2. The average Bonchev–Trinajstić information content (AvgIpc) is 3.08. The molecule has 4 aromatic rings. The third kappa shape index (κ3) is 13.2. The van der Waals surface area contributed by atoms with E-state index in [0.717, 1.165) is 33.4 Å². The fraction of sp³-hybridized carbons (Fsp3) is 0.350. The minimum absolute atomic E-state index is 0.122. The fourth-order valence-corrected chi connectivity index (χ4v) is 6.64. The van der Waals surface area contributed by atoms with Gasteiger partial charge in [-0.25, -0.2) is 9.59 Å². The molecule has 0 saturated carbocycles. The third-order valence-electron chi connectivity index (χ3n) is 7.76. The van der Waals surface area contributed by atoms with Gasteiger partial charge in [-0.1, -0.05) is 54.6 Å². The monoisotopic (exact) mass is 750 g/mol. The van der Waals surface area contributed by atoms with Gasteiger partial charge in [0.15, 0.2) is 0 Å². The lowest BCUT2D eigenvalue weighted by Gasteiger charge is -2.19. The van der Waals surface area contributed by atoms with Crippen LogP contribution in [-0.2, 0) is 51.8 Å². The van der Waals surface area contributed by atoms with E-state index in [2.05, 4.69) is 0 Å². The summed E-state index contributed by atoms with van der Waals surface area (Å²) >= 11 is 0. The number of phenols is 2. The lowest BCUT2D eigenvalue weighted by molar-refractivity contribution is -0.0301. The van der Waals surface area contributed by atoms with Crippen LogP contribution in [0.5, 0.6) is 23.0 Å². The van der Waals surface area contributed by atoms with E-state index in [9.17, 15) is 24.4 Å². The first-order valence-corrected chi connectivity index (χ1v) is 18.9. The summed E-state index contributed by atoms with van der Waals surface area (Å²) in [6, 6.07) is 24.2. The van der Waals surface area contributed by atoms with Crippen LogP contribution < -0.4 is 4.74 Å². The first-order valence-electron chi connectivity index (χ1n) is 17.2. The maximum absolute atomic E-state index is 13.6. The first-order chi connectivity index (χ1) is 25.2. The molecule has 0 atom stereocenters. The van der Waals surface area contributed by atoms with E-state index < -0.39 is 45.7 Å². The summed E-state index contributed by atoms with van der Waals surface area (Å²) in [7, 11) is -3.96. The van der Waals surface area contributed by atoms with Gasteiger partial charge in [-0.15, -0.1) is 0 Å². The van der Waals surface area contributed by atoms with E-state index in [1.54, 1.807) is 52.0 Å². The number of aryl methyl sites for hydroxylation is 3. The van der Waals surface area contributed by atoms with Gasteiger partial charge in [0.2, 0.25) is 13.6 Å². The van der Waals surface area contributed by atoms with E-state index in [1.807, 2.05) is 68.4 Å². The van der Waals surface area contributed by atoms with Gasteiger partial charge in [-0.05, 0) is 106 Å². The molecule has 0 amide bonds. The molecule has 0 radical (unpaired) electrons. The highest BCUT2D eigenvalue weighted by Gasteiger charge is 2.27. The standard InChI is InChI=1S/C40H47O12P/c1-26(2)50-39(43)46-24-48-53(45,49-25-47-40(44)51-27(3)4)17-16-32-18-28(5)38(29(6)19-32)52-35-13-15-37(42)34(23-35)22-31-12-14-36(41)33(21-31)20-30-10-8-7-9-11-30/h7-15,18-19,21,23,26-27,41-42H,16-17,20,22,24-25H2,1-6H3. The summed E-state index contributed by atoms with van der Waals surface area (Å²) in [5, 5.41) is 21.2. The molecule has 0 aromatic heterocycles. The molecule has 0 bridgehead atoms. The molecule has 0 spiro atoms. The zero-order chi connectivity index (χ0) is 38.5. The molecule has 4 aromatic carbocycles. The molecule has 0 aliphatic heterocycles. The van der Waals surface area contributed by atoms with Gasteiger partial charge in [-0.2, -0.15) is 0 Å². The summed E-state index contributed by atoms with van der Waals surface area (Å²) in [4.78, 5) is 23.6. The smallest absolute Gasteiger partial charge is 0.508 e. The molecule has 284 valence electrons. The van der Waals surface area contributed by atoms with Gasteiger partial charge >= 0.3 is 19.9 Å². The number of ether oxygens (including phenoxy) is 5. The number of hydrogen-bond acceptors (Lipinski definition) is 12. The second kappa shape index (κ2) is 19.2. The average molecular weight is 751 g/mol. The largest absolute Gasteiger partial charge is 0.510 e. The summed E-state index contributed by atoms with van der Waals surface area (Å²) in [6.07, 6.45) is -1.76. The SMILES string of the molecule is Cc1cc(CCP(=O)(OCOC(=O)OC(C)C)OCOC(=O)OC(C)C)cc(C)c1Oc1ccc(O)c(Cc2ccc(O)c(Cc3ccccc3)c2)c1. The van der Waals surface area contributed by atoms with Gasteiger partial charge in [0.05, 0.1) is 18.4 Å². The van der Waals surface area contributed by atoms with Gasteiger partial charge in [0.1, 0.15) is 23.0 Å². The molecule has 0 aliphatic carbocycles. The molecule has 0 aliphatic rings. The Balaban J connectivity index is 1.43. The summed E-state index contributed by atoms with van der Waals surface area (Å²) in [5.41, 5.74) is 5.85. The normalized spacial score (nSPS) is 11.4. The zero-order valence-corrected chi connectivity index (χ0v) is 31.7. The van der Waals surface area contributed by atoms with Crippen molar-refractivity contribution < 1.29 is 57.1 Å². The Morgan fingerprint density at radius 1 is 0.660 bits per heavy atom. The third-order valence-corrected chi connectivity index (χ3v) is 9.53. The van der Waals surface area contributed by atoms with Crippen LogP contribution in [0.15, 0.2) is 78.9 Å². The molecule has 12 nitrogen and oxygen atoms in total. The van der Waals surface area contributed by atoms with Crippen LogP contribution in [0.25, 0.3) is 0 Å². The van der Waals surface area contributed by atoms with E-state index in [0.29, 0.717) is 29.9 Å². The Morgan fingerprint density at radius 3 is 1.75 bits per heavy atom. The van der Waals surface area contributed by atoms with Crippen molar-refractivity contribution in [3.05, 3.63) is 118 Å². The number of carbonyl (C=O) groups is 2. The van der Waals surface area contributed by atoms with Crippen LogP contribution in [0.2, 0.25) is 0 Å². The highest BCUT2D eigenvalue weighted by Crippen LogP contribution is 2.49. The van der Waals surface area contributed by atoms with Crippen LogP contribution in [-0.4, -0.2) is 54.5 Å². The van der Waals surface area contributed by atoms with Crippen LogP contribution in [0, 0.1) is 13.8 Å². The first kappa shape index (κ1) is 40.7. The van der Waals surface area contributed by atoms with E-state index in [-0.39, 0.29) is 24.1 Å². The molecule has 0 fully saturated rings. The molecular weight excluding hydrogens is 703 g/mol. The highest BCUT2D eigenvalue weighted by atomic mass is 31.2. The Kier molecular flexibility index (Phi) is 14.7. The number of benzene rings is 4. The molecule has 0 heterocycles. The molecule has 0 saturated heterocycles. The maximum atomic E-state index is 13.6. The van der Waals surface area contributed by atoms with Crippen molar-refractivity contribution in [1.29, 1.82) is 0 Å². The Bertz CT molecular complexity index is 1840. The molecular formula is C40H47O12P. The van der Waals surface area contributed by atoms with Crippen molar-refractivity contribution >= 4 is 19.9 Å². The second-order valence-corrected chi connectivity index (χ2v) is 15.1. The summed E-state index contributed by atoms with van der Waals surface area (Å²) in [6.45, 7) is 8.93. The van der Waals surface area contributed by atoms with Crippen molar-refractivity contribution in [3.8, 4) is 23.0 Å². The van der Waals surface area contributed by atoms with Crippen molar-refractivity contribution in [1.82, 2.24) is 0 Å². The van der Waals surface area contributed by atoms with E-state index in [4.69, 9.17) is 32.7 Å². The number of hydrogen-bond donors (Lipinski definition) is 2. The lowest BCUT2D eigenvalue weighted by Crippen LogP contribution is -2.17. The van der Waals surface area contributed by atoms with Crippen LogP contribution in [0.1, 0.15) is 66.6 Å². The molecule has 53 heavy (non-hydrogen) atoms. The fourth-order valence-electron chi connectivity index (χ4n) is 5.35. The van der Waals surface area contributed by atoms with Crippen molar-refractivity contribution in [3.63, 3.8) is 0 Å². The van der Waals surface area contributed by atoms with Crippen molar-refractivity contribution in [2.75, 3.05) is 19.7 Å². The van der Waals surface area contributed by atoms with Crippen LogP contribution in [0.3, 0.4) is 0 Å². The summed E-state index contributed by atoms with van der Waals surface area (Å²) in [5.74, 6) is 1.48. The van der Waals surface area contributed by atoms with Crippen LogP contribution >= 0.6 is 7.60 Å². The Hall–Kier alpha value is -5.03. The number of phenolic OH excluding ortho intramolecular Hbond substituents is 2. The second-order valence-electron chi connectivity index (χ2n) is 13.0. The zero-order valence-electron chi connectivity index (χ0n) is 30.8. The van der Waals surface area contributed by atoms with Gasteiger partial charge < -0.3 is 33.9 Å². The topological polar surface area (TPSA) is 156 Å².